The molecular weight excluding hydrogens is 456 g/mol. The summed E-state index contributed by atoms with van der Waals surface area (Å²) in [7, 11) is 0. The van der Waals surface area contributed by atoms with E-state index in [9.17, 15) is 19.2 Å². The summed E-state index contributed by atoms with van der Waals surface area (Å²) in [4.78, 5) is 52.8. The number of anilines is 1. The highest BCUT2D eigenvalue weighted by atomic mass is 35.5. The molecule has 1 unspecified atom stereocenters. The minimum Gasteiger partial charge on any atom is -0.322 e. The van der Waals surface area contributed by atoms with Crippen LogP contribution in [0.25, 0.3) is 0 Å². The number of rotatable bonds is 5. The monoisotopic (exact) mass is 482 g/mol. The zero-order valence-electron chi connectivity index (χ0n) is 19.4. The van der Waals surface area contributed by atoms with Crippen LogP contribution in [-0.2, 0) is 22.7 Å². The number of hydrogen-bond donors (Lipinski definition) is 2. The second-order valence-corrected chi connectivity index (χ2v) is 9.41. The maximum absolute atomic E-state index is 13.0. The minimum atomic E-state index is -0.652. The SMILES string of the molecule is Cc1ccc(NC(=O)N(Cc2ccc3c(c2)CN(C2CCC(=O)NC2=O)C3=O)C(C)C)cc1Cl. The maximum atomic E-state index is 13.0. The van der Waals surface area contributed by atoms with Crippen LogP contribution < -0.4 is 10.6 Å². The first-order valence-corrected chi connectivity index (χ1v) is 11.6. The largest absolute Gasteiger partial charge is 0.322 e. The van der Waals surface area contributed by atoms with Crippen molar-refractivity contribution < 1.29 is 19.2 Å². The standard InChI is InChI=1S/C25H27ClN4O4/c1-14(2)29(25(34)27-18-6-4-15(3)20(26)11-18)12-16-5-7-19-17(10-16)13-30(24(19)33)21-8-9-22(31)28-23(21)32/h4-7,10-11,14,21H,8-9,12-13H2,1-3H3,(H,27,34)(H,28,31,32). The maximum Gasteiger partial charge on any atom is 0.322 e. The predicted octanol–water partition coefficient (Wildman–Crippen LogP) is 3.85. The molecule has 0 aliphatic carbocycles. The first-order chi connectivity index (χ1) is 16.1. The Bertz CT molecular complexity index is 1180. The molecule has 4 rings (SSSR count). The molecule has 0 spiro atoms. The fourth-order valence-corrected chi connectivity index (χ4v) is 4.46. The lowest BCUT2D eigenvalue weighted by Crippen LogP contribution is -2.52. The Balaban J connectivity index is 1.48. The first-order valence-electron chi connectivity index (χ1n) is 11.2. The summed E-state index contributed by atoms with van der Waals surface area (Å²) in [5, 5.41) is 5.79. The molecule has 34 heavy (non-hydrogen) atoms. The number of hydrogen-bond acceptors (Lipinski definition) is 4. The summed E-state index contributed by atoms with van der Waals surface area (Å²) < 4.78 is 0. The number of benzene rings is 2. The van der Waals surface area contributed by atoms with Gasteiger partial charge in [-0.2, -0.15) is 0 Å². The van der Waals surface area contributed by atoms with Crippen molar-refractivity contribution in [3.63, 3.8) is 0 Å². The molecule has 2 aromatic carbocycles. The fourth-order valence-electron chi connectivity index (χ4n) is 4.28. The van der Waals surface area contributed by atoms with Crippen LogP contribution in [0.15, 0.2) is 36.4 Å². The Morgan fingerprint density at radius 3 is 2.65 bits per heavy atom. The number of halogens is 1. The van der Waals surface area contributed by atoms with E-state index in [0.717, 1.165) is 16.7 Å². The molecule has 1 fully saturated rings. The average molecular weight is 483 g/mol. The lowest BCUT2D eigenvalue weighted by atomic mass is 10.0. The van der Waals surface area contributed by atoms with Crippen LogP contribution in [0.4, 0.5) is 10.5 Å². The van der Waals surface area contributed by atoms with Gasteiger partial charge in [-0.25, -0.2) is 4.79 Å². The van der Waals surface area contributed by atoms with Gasteiger partial charge in [-0.3, -0.25) is 19.7 Å². The number of aryl methyl sites for hydroxylation is 1. The van der Waals surface area contributed by atoms with Gasteiger partial charge in [0.25, 0.3) is 5.91 Å². The topological polar surface area (TPSA) is 98.8 Å². The molecule has 2 N–H and O–H groups in total. The smallest absolute Gasteiger partial charge is 0.322 e. The van der Waals surface area contributed by atoms with E-state index in [4.69, 9.17) is 11.6 Å². The lowest BCUT2D eigenvalue weighted by molar-refractivity contribution is -0.136. The van der Waals surface area contributed by atoms with E-state index >= 15 is 0 Å². The summed E-state index contributed by atoms with van der Waals surface area (Å²) in [6.45, 7) is 6.41. The lowest BCUT2D eigenvalue weighted by Gasteiger charge is -2.29. The molecule has 1 atom stereocenters. The second-order valence-electron chi connectivity index (χ2n) is 9.01. The zero-order valence-corrected chi connectivity index (χ0v) is 20.1. The van der Waals surface area contributed by atoms with Gasteiger partial charge in [0, 0.05) is 41.8 Å². The van der Waals surface area contributed by atoms with Crippen LogP contribution in [0.5, 0.6) is 0 Å². The van der Waals surface area contributed by atoms with Crippen LogP contribution in [0, 0.1) is 6.92 Å². The van der Waals surface area contributed by atoms with Gasteiger partial charge in [0.2, 0.25) is 11.8 Å². The van der Waals surface area contributed by atoms with Crippen LogP contribution in [0.2, 0.25) is 5.02 Å². The number of amides is 5. The normalized spacial score (nSPS) is 17.6. The molecule has 2 aliphatic rings. The predicted molar refractivity (Wildman–Crippen MR) is 128 cm³/mol. The number of urea groups is 1. The summed E-state index contributed by atoms with van der Waals surface area (Å²) in [6.07, 6.45) is 0.536. The zero-order chi connectivity index (χ0) is 24.6. The van der Waals surface area contributed by atoms with E-state index in [1.807, 2.05) is 45.0 Å². The van der Waals surface area contributed by atoms with Crippen LogP contribution >= 0.6 is 11.6 Å². The van der Waals surface area contributed by atoms with E-state index in [1.54, 1.807) is 17.0 Å². The van der Waals surface area contributed by atoms with E-state index in [-0.39, 0.29) is 30.3 Å². The van der Waals surface area contributed by atoms with Crippen molar-refractivity contribution in [1.82, 2.24) is 15.1 Å². The molecule has 0 radical (unpaired) electrons. The number of imide groups is 1. The van der Waals surface area contributed by atoms with Gasteiger partial charge in [0.15, 0.2) is 0 Å². The molecule has 2 aliphatic heterocycles. The molecule has 0 saturated carbocycles. The Labute approximate surface area is 203 Å². The van der Waals surface area contributed by atoms with Crippen molar-refractivity contribution in [1.29, 1.82) is 0 Å². The van der Waals surface area contributed by atoms with Gasteiger partial charge in [0.05, 0.1) is 0 Å². The Morgan fingerprint density at radius 2 is 1.97 bits per heavy atom. The number of carbonyl (C=O) groups excluding carboxylic acids is 4. The van der Waals surface area contributed by atoms with Crippen molar-refractivity contribution in [2.75, 3.05) is 5.32 Å². The molecular formula is C25H27ClN4O4. The third-order valence-electron chi connectivity index (χ3n) is 6.25. The molecule has 5 amide bonds. The van der Waals surface area contributed by atoms with Crippen LogP contribution in [0.1, 0.15) is 53.7 Å². The quantitative estimate of drug-likeness (QED) is 0.632. The van der Waals surface area contributed by atoms with Crippen molar-refractivity contribution in [2.45, 2.75) is 58.8 Å². The van der Waals surface area contributed by atoms with Gasteiger partial charge in [-0.1, -0.05) is 29.8 Å². The van der Waals surface area contributed by atoms with E-state index < -0.39 is 11.9 Å². The number of nitrogens with zero attached hydrogens (tertiary/aromatic N) is 2. The van der Waals surface area contributed by atoms with Crippen molar-refractivity contribution in [3.8, 4) is 0 Å². The average Bonchev–Trinajstić information content (AvgIpc) is 3.10. The van der Waals surface area contributed by atoms with E-state index in [2.05, 4.69) is 10.6 Å². The number of fused-ring (bicyclic) bond motifs is 1. The number of nitrogens with one attached hydrogen (secondary N) is 2. The van der Waals surface area contributed by atoms with Gasteiger partial charge in [-0.15, -0.1) is 0 Å². The highest BCUT2D eigenvalue weighted by Gasteiger charge is 2.39. The molecule has 9 heteroatoms. The van der Waals surface area contributed by atoms with Gasteiger partial charge < -0.3 is 15.1 Å². The van der Waals surface area contributed by atoms with Gasteiger partial charge in [0.1, 0.15) is 6.04 Å². The van der Waals surface area contributed by atoms with E-state index in [1.165, 1.54) is 4.90 Å². The molecule has 8 nitrogen and oxygen atoms in total. The fraction of sp³-hybridized carbons (Fsp3) is 0.360. The summed E-state index contributed by atoms with van der Waals surface area (Å²) in [6, 6.07) is 9.88. The third-order valence-corrected chi connectivity index (χ3v) is 6.66. The summed E-state index contributed by atoms with van der Waals surface area (Å²) >= 11 is 6.18. The Hall–Kier alpha value is -3.39. The summed E-state index contributed by atoms with van der Waals surface area (Å²) in [5.74, 6) is -0.963. The molecule has 178 valence electrons. The summed E-state index contributed by atoms with van der Waals surface area (Å²) in [5.41, 5.74) is 3.78. The molecule has 2 aromatic rings. The highest BCUT2D eigenvalue weighted by molar-refractivity contribution is 6.31. The minimum absolute atomic E-state index is 0.0734. The number of piperidine rings is 1. The molecule has 0 bridgehead atoms. The van der Waals surface area contributed by atoms with Crippen molar-refractivity contribution in [2.24, 2.45) is 0 Å². The molecule has 1 saturated heterocycles. The van der Waals surface area contributed by atoms with Crippen molar-refractivity contribution in [3.05, 3.63) is 63.7 Å². The number of carbonyl (C=O) groups is 4. The molecule has 2 heterocycles. The van der Waals surface area contributed by atoms with Crippen molar-refractivity contribution >= 4 is 41.0 Å². The molecule has 0 aromatic heterocycles. The first kappa shape index (κ1) is 23.8. The van der Waals surface area contributed by atoms with Crippen LogP contribution in [-0.4, -0.2) is 45.6 Å². The van der Waals surface area contributed by atoms with Gasteiger partial charge >= 0.3 is 6.03 Å². The van der Waals surface area contributed by atoms with Crippen LogP contribution in [0.3, 0.4) is 0 Å². The Morgan fingerprint density at radius 1 is 1.21 bits per heavy atom. The second kappa shape index (κ2) is 9.46. The Kier molecular flexibility index (Phi) is 6.61. The highest BCUT2D eigenvalue weighted by Crippen LogP contribution is 2.29. The third kappa shape index (κ3) is 4.77. The van der Waals surface area contributed by atoms with E-state index in [0.29, 0.717) is 35.8 Å². The van der Waals surface area contributed by atoms with Gasteiger partial charge in [-0.05, 0) is 62.1 Å².